The van der Waals surface area contributed by atoms with E-state index in [1.54, 1.807) is 53.4 Å². The van der Waals surface area contributed by atoms with Gasteiger partial charge in [-0.05, 0) is 42.7 Å². The Morgan fingerprint density at radius 2 is 2.09 bits per heavy atom. The van der Waals surface area contributed by atoms with Gasteiger partial charge in [-0.15, -0.1) is 0 Å². The summed E-state index contributed by atoms with van der Waals surface area (Å²) in [5.74, 6) is 0.414. The van der Waals surface area contributed by atoms with Crippen LogP contribution < -0.4 is 10.5 Å². The molecule has 1 atom stereocenters. The van der Waals surface area contributed by atoms with Gasteiger partial charge in [0.25, 0.3) is 0 Å². The number of carbonyl (C=O) groups excluding carboxylic acids is 1. The monoisotopic (exact) mass is 448 g/mol. The number of rotatable bonds is 5. The molecule has 10 heteroatoms. The molecule has 3 aromatic rings. The Bertz CT molecular complexity index is 1130. The highest BCUT2D eigenvalue weighted by Crippen LogP contribution is 2.37. The van der Waals surface area contributed by atoms with Crippen LogP contribution in [-0.2, 0) is 17.9 Å². The number of amides is 1. The van der Waals surface area contributed by atoms with Crippen molar-refractivity contribution in [1.29, 1.82) is 0 Å². The zero-order chi connectivity index (χ0) is 22.9. The Balaban J connectivity index is 1.53. The summed E-state index contributed by atoms with van der Waals surface area (Å²) < 4.78 is 47.1. The first-order chi connectivity index (χ1) is 15.2. The normalized spacial score (nSPS) is 19.3. The molecule has 7 nitrogen and oxygen atoms in total. The molecule has 1 aromatic carbocycles. The minimum Gasteiger partial charge on any atom is -0.438 e. The van der Waals surface area contributed by atoms with Crippen molar-refractivity contribution in [2.24, 2.45) is 5.73 Å². The second-order valence-corrected chi connectivity index (χ2v) is 7.89. The largest absolute Gasteiger partial charge is 0.438 e. The second kappa shape index (κ2) is 8.44. The van der Waals surface area contributed by atoms with E-state index in [4.69, 9.17) is 10.5 Å². The minimum absolute atomic E-state index is 0.0844. The van der Waals surface area contributed by atoms with Gasteiger partial charge in [0, 0.05) is 36.9 Å². The van der Waals surface area contributed by atoms with Crippen LogP contribution in [0.2, 0.25) is 0 Å². The van der Waals surface area contributed by atoms with Gasteiger partial charge in [0.1, 0.15) is 12.3 Å². The maximum absolute atomic E-state index is 13.2. The lowest BCUT2D eigenvalue weighted by molar-refractivity contribution is -0.272. The maximum Gasteiger partial charge on any atom is 0.418 e. The summed E-state index contributed by atoms with van der Waals surface area (Å²) in [7, 11) is 0. The standard InChI is InChI=1S/C22H23F3N4O3/c23-22(24,25)21(31)7-2-9-29(14-21)20(30)13-28-10-6-16-17(28)3-1-4-18(16)32-19-11-15(12-26)5-8-27-19/h1,3-6,8,10-11,31H,2,7,9,12-14,26H2/t21-/m1/s1. The molecule has 1 amide bonds. The lowest BCUT2D eigenvalue weighted by Gasteiger charge is -2.40. The fourth-order valence-electron chi connectivity index (χ4n) is 3.89. The van der Waals surface area contributed by atoms with Crippen molar-refractivity contribution in [1.82, 2.24) is 14.5 Å². The van der Waals surface area contributed by atoms with Crippen LogP contribution >= 0.6 is 0 Å². The first-order valence-corrected chi connectivity index (χ1v) is 10.2. The Morgan fingerprint density at radius 1 is 1.28 bits per heavy atom. The van der Waals surface area contributed by atoms with Gasteiger partial charge in [0.05, 0.1) is 12.1 Å². The first kappa shape index (κ1) is 22.1. The van der Waals surface area contributed by atoms with E-state index in [1.807, 2.05) is 0 Å². The zero-order valence-electron chi connectivity index (χ0n) is 17.2. The van der Waals surface area contributed by atoms with Crippen molar-refractivity contribution in [3.8, 4) is 11.6 Å². The highest BCUT2D eigenvalue weighted by molar-refractivity contribution is 5.88. The van der Waals surface area contributed by atoms with E-state index in [9.17, 15) is 23.1 Å². The first-order valence-electron chi connectivity index (χ1n) is 10.2. The Kier molecular flexibility index (Phi) is 5.83. The van der Waals surface area contributed by atoms with E-state index in [-0.39, 0.29) is 19.5 Å². The molecule has 0 saturated carbocycles. The molecule has 3 N–H and O–H groups in total. The molecule has 0 radical (unpaired) electrons. The van der Waals surface area contributed by atoms with Crippen molar-refractivity contribution >= 4 is 16.8 Å². The average molecular weight is 448 g/mol. The van der Waals surface area contributed by atoms with E-state index in [2.05, 4.69) is 4.98 Å². The van der Waals surface area contributed by atoms with Crippen molar-refractivity contribution in [2.75, 3.05) is 13.1 Å². The number of hydrogen-bond donors (Lipinski definition) is 2. The molecule has 0 bridgehead atoms. The summed E-state index contributed by atoms with van der Waals surface area (Å²) in [5, 5.41) is 10.7. The molecule has 0 aliphatic carbocycles. The molecule has 3 heterocycles. The molecule has 1 aliphatic heterocycles. The number of halogens is 3. The molecule has 4 rings (SSSR count). The predicted octanol–water partition coefficient (Wildman–Crippen LogP) is 3.20. The minimum atomic E-state index is -4.78. The SMILES string of the molecule is NCc1ccnc(Oc2cccc3c2ccn3CC(=O)N2CCC[C@](O)(C(F)(F)F)C2)c1. The number of aliphatic hydroxyl groups is 1. The van der Waals surface area contributed by atoms with Gasteiger partial charge < -0.3 is 25.0 Å². The summed E-state index contributed by atoms with van der Waals surface area (Å²) >= 11 is 0. The molecule has 0 unspecified atom stereocenters. The quantitative estimate of drug-likeness (QED) is 0.625. The van der Waals surface area contributed by atoms with Gasteiger partial charge in [-0.3, -0.25) is 4.79 Å². The third kappa shape index (κ3) is 4.28. The van der Waals surface area contributed by atoms with Crippen molar-refractivity contribution in [2.45, 2.75) is 37.7 Å². The molecule has 170 valence electrons. The van der Waals surface area contributed by atoms with Crippen LogP contribution in [0.3, 0.4) is 0 Å². The number of benzene rings is 1. The van der Waals surface area contributed by atoms with Crippen LogP contribution in [0.5, 0.6) is 11.6 Å². The summed E-state index contributed by atoms with van der Waals surface area (Å²) in [6, 6.07) is 10.6. The van der Waals surface area contributed by atoms with Gasteiger partial charge in [-0.2, -0.15) is 13.2 Å². The van der Waals surface area contributed by atoms with Gasteiger partial charge in [0.15, 0.2) is 5.60 Å². The highest BCUT2D eigenvalue weighted by atomic mass is 19.4. The van der Waals surface area contributed by atoms with Crippen LogP contribution in [-0.4, -0.2) is 50.3 Å². The van der Waals surface area contributed by atoms with Gasteiger partial charge in [0.2, 0.25) is 11.8 Å². The third-order valence-corrected chi connectivity index (χ3v) is 5.68. The number of β-amino-alcohol motifs (C(OH)–C–C–N with tert-alkyl or cyclic N) is 1. The van der Waals surface area contributed by atoms with Crippen LogP contribution in [0, 0.1) is 0 Å². The average Bonchev–Trinajstić information content (AvgIpc) is 3.17. The van der Waals surface area contributed by atoms with Crippen LogP contribution in [0.1, 0.15) is 18.4 Å². The van der Waals surface area contributed by atoms with Crippen LogP contribution in [0.25, 0.3) is 10.9 Å². The summed E-state index contributed by atoms with van der Waals surface area (Å²) in [6.07, 6.45) is -1.83. The summed E-state index contributed by atoms with van der Waals surface area (Å²) in [4.78, 5) is 18.0. The maximum atomic E-state index is 13.2. The molecule has 2 aromatic heterocycles. The highest BCUT2D eigenvalue weighted by Gasteiger charge is 2.55. The molecular weight excluding hydrogens is 425 g/mol. The second-order valence-electron chi connectivity index (χ2n) is 7.89. The lowest BCUT2D eigenvalue weighted by Crippen LogP contribution is -2.58. The Morgan fingerprint density at radius 3 is 2.84 bits per heavy atom. The van der Waals surface area contributed by atoms with Gasteiger partial charge in [-0.1, -0.05) is 6.07 Å². The zero-order valence-corrected chi connectivity index (χ0v) is 17.2. The fraction of sp³-hybridized carbons (Fsp3) is 0.364. The number of likely N-dealkylation sites (tertiary alicyclic amines) is 1. The molecule has 1 fully saturated rings. The molecule has 0 spiro atoms. The number of piperidine rings is 1. The number of fused-ring (bicyclic) bond motifs is 1. The predicted molar refractivity (Wildman–Crippen MR) is 111 cm³/mol. The molecule has 1 aliphatic rings. The molecule has 1 saturated heterocycles. The summed E-state index contributed by atoms with van der Waals surface area (Å²) in [6.45, 7) is -0.386. The van der Waals surface area contributed by atoms with Gasteiger partial charge >= 0.3 is 6.18 Å². The number of pyridine rings is 1. The number of hydrogen-bond acceptors (Lipinski definition) is 5. The smallest absolute Gasteiger partial charge is 0.418 e. The van der Waals surface area contributed by atoms with E-state index < -0.39 is 30.7 Å². The van der Waals surface area contributed by atoms with Crippen LogP contribution in [0.15, 0.2) is 48.8 Å². The van der Waals surface area contributed by atoms with Crippen molar-refractivity contribution in [3.05, 3.63) is 54.4 Å². The number of nitrogens with two attached hydrogens (primary N) is 1. The van der Waals surface area contributed by atoms with Crippen LogP contribution in [0.4, 0.5) is 13.2 Å². The van der Waals surface area contributed by atoms with Gasteiger partial charge in [-0.25, -0.2) is 4.98 Å². The van der Waals surface area contributed by atoms with E-state index >= 15 is 0 Å². The number of carbonyl (C=O) groups is 1. The van der Waals surface area contributed by atoms with Crippen molar-refractivity contribution < 1.29 is 27.8 Å². The van der Waals surface area contributed by atoms with Crippen molar-refractivity contribution in [3.63, 3.8) is 0 Å². The van der Waals surface area contributed by atoms with E-state index in [1.165, 1.54) is 0 Å². The Labute approximate surface area is 182 Å². The molecule has 32 heavy (non-hydrogen) atoms. The lowest BCUT2D eigenvalue weighted by atomic mass is 9.92. The Hall–Kier alpha value is -3.11. The van der Waals surface area contributed by atoms with E-state index in [0.717, 1.165) is 15.8 Å². The fourth-order valence-corrected chi connectivity index (χ4v) is 3.89. The summed E-state index contributed by atoms with van der Waals surface area (Å²) in [5.41, 5.74) is 4.34. The number of nitrogens with zero attached hydrogens (tertiary/aromatic N) is 3. The number of ether oxygens (including phenoxy) is 1. The van der Waals surface area contributed by atoms with E-state index in [0.29, 0.717) is 23.7 Å². The number of alkyl halides is 3. The third-order valence-electron chi connectivity index (χ3n) is 5.68. The number of aromatic nitrogens is 2. The topological polar surface area (TPSA) is 93.6 Å². The molecular formula is C22H23F3N4O3.